The molecule has 1 amide bonds. The topological polar surface area (TPSA) is 87.7 Å². The van der Waals surface area contributed by atoms with Gasteiger partial charge in [-0.3, -0.25) is 4.79 Å². The van der Waals surface area contributed by atoms with Crippen molar-refractivity contribution in [1.29, 1.82) is 0 Å². The van der Waals surface area contributed by atoms with Gasteiger partial charge in [-0.15, -0.1) is 0 Å². The predicted octanol–water partition coefficient (Wildman–Crippen LogP) is 1.14. The van der Waals surface area contributed by atoms with Crippen molar-refractivity contribution in [2.24, 2.45) is 10.9 Å². The fourth-order valence-corrected chi connectivity index (χ4v) is 1.33. The number of carbonyl (C=O) groups is 1. The molecule has 0 saturated heterocycles. The maximum Gasteiger partial charge on any atom is 0.228 e. The molecule has 0 fully saturated rings. The van der Waals surface area contributed by atoms with Crippen molar-refractivity contribution in [3.8, 4) is 0 Å². The Kier molecular flexibility index (Phi) is 4.45. The molecule has 0 saturated carbocycles. The molecule has 0 aliphatic heterocycles. The molecule has 17 heavy (non-hydrogen) atoms. The Morgan fingerprint density at radius 1 is 1.53 bits per heavy atom. The van der Waals surface area contributed by atoms with Crippen molar-refractivity contribution in [2.75, 3.05) is 0 Å². The number of nitrogens with one attached hydrogen (secondary N) is 1. The molecule has 6 heteroatoms. The van der Waals surface area contributed by atoms with Crippen molar-refractivity contribution in [1.82, 2.24) is 5.32 Å². The second kappa shape index (κ2) is 5.83. The Bertz CT molecular complexity index is 417. The first-order chi connectivity index (χ1) is 8.02. The number of hydrogen-bond donors (Lipinski definition) is 3. The van der Waals surface area contributed by atoms with E-state index >= 15 is 0 Å². The molecule has 1 aromatic rings. The smallest absolute Gasteiger partial charge is 0.228 e. The predicted molar refractivity (Wildman–Crippen MR) is 61.0 cm³/mol. The summed E-state index contributed by atoms with van der Waals surface area (Å²) in [5.41, 5.74) is 5.97. The van der Waals surface area contributed by atoms with Gasteiger partial charge in [0, 0.05) is 0 Å². The van der Waals surface area contributed by atoms with E-state index in [9.17, 15) is 9.18 Å². The molecule has 0 spiro atoms. The minimum absolute atomic E-state index is 0.159. The lowest BCUT2D eigenvalue weighted by atomic mass is 10.1. The minimum atomic E-state index is -0.364. The van der Waals surface area contributed by atoms with Gasteiger partial charge < -0.3 is 16.3 Å². The summed E-state index contributed by atoms with van der Waals surface area (Å²) in [6.45, 7) is 1.76. The molecule has 1 aromatic carbocycles. The highest BCUT2D eigenvalue weighted by molar-refractivity contribution is 5.98. The molecule has 0 aliphatic rings. The summed E-state index contributed by atoms with van der Waals surface area (Å²) in [6.07, 6.45) is -0.179. The van der Waals surface area contributed by atoms with E-state index in [0.717, 1.165) is 5.56 Å². The molecule has 0 aliphatic carbocycles. The third kappa shape index (κ3) is 4.10. The van der Waals surface area contributed by atoms with E-state index in [1.165, 1.54) is 12.1 Å². The normalized spacial score (nSPS) is 13.2. The van der Waals surface area contributed by atoms with Crippen LogP contribution in [-0.2, 0) is 4.79 Å². The Morgan fingerprint density at radius 2 is 2.12 bits per heavy atom. The largest absolute Gasteiger partial charge is 0.409 e. The van der Waals surface area contributed by atoms with E-state index in [1.807, 2.05) is 0 Å². The van der Waals surface area contributed by atoms with Gasteiger partial charge in [-0.1, -0.05) is 17.3 Å². The number of amides is 1. The lowest BCUT2D eigenvalue weighted by molar-refractivity contribution is -0.120. The fraction of sp³-hybridized carbons (Fsp3) is 0.273. The van der Waals surface area contributed by atoms with Gasteiger partial charge in [0.1, 0.15) is 11.7 Å². The highest BCUT2D eigenvalue weighted by atomic mass is 19.1. The molecule has 0 radical (unpaired) electrons. The third-order valence-electron chi connectivity index (χ3n) is 2.22. The maximum absolute atomic E-state index is 12.7. The number of carbonyl (C=O) groups excluding carboxylic acids is 1. The zero-order valence-electron chi connectivity index (χ0n) is 9.35. The fourth-order valence-electron chi connectivity index (χ4n) is 1.33. The molecule has 1 unspecified atom stereocenters. The van der Waals surface area contributed by atoms with Crippen LogP contribution in [-0.4, -0.2) is 17.0 Å². The number of halogens is 1. The molecule has 92 valence electrons. The van der Waals surface area contributed by atoms with Crippen LogP contribution < -0.4 is 11.1 Å². The van der Waals surface area contributed by atoms with Gasteiger partial charge in [0.05, 0.1) is 12.5 Å². The summed E-state index contributed by atoms with van der Waals surface area (Å²) in [7, 11) is 0. The van der Waals surface area contributed by atoms with E-state index in [1.54, 1.807) is 19.1 Å². The van der Waals surface area contributed by atoms with Crippen LogP contribution in [0.2, 0.25) is 0 Å². The highest BCUT2D eigenvalue weighted by Gasteiger charge is 2.10. The van der Waals surface area contributed by atoms with Gasteiger partial charge in [0.2, 0.25) is 5.91 Å². The zero-order chi connectivity index (χ0) is 12.8. The number of oxime groups is 1. The number of hydrogen-bond acceptors (Lipinski definition) is 3. The van der Waals surface area contributed by atoms with Crippen molar-refractivity contribution in [3.05, 3.63) is 35.6 Å². The Balaban J connectivity index is 2.57. The summed E-state index contributed by atoms with van der Waals surface area (Å²) < 4.78 is 12.7. The first kappa shape index (κ1) is 13.0. The van der Waals surface area contributed by atoms with Gasteiger partial charge >= 0.3 is 0 Å². The summed E-state index contributed by atoms with van der Waals surface area (Å²) in [6, 6.07) is 5.55. The van der Waals surface area contributed by atoms with Crippen LogP contribution >= 0.6 is 0 Å². The monoisotopic (exact) mass is 239 g/mol. The lowest BCUT2D eigenvalue weighted by Crippen LogP contribution is -2.30. The van der Waals surface area contributed by atoms with Crippen LogP contribution in [0.1, 0.15) is 24.9 Å². The van der Waals surface area contributed by atoms with Gasteiger partial charge in [0.15, 0.2) is 0 Å². The Morgan fingerprint density at radius 3 is 2.65 bits per heavy atom. The number of nitrogens with zero attached hydrogens (tertiary/aromatic N) is 1. The molecule has 1 rings (SSSR count). The quantitative estimate of drug-likeness (QED) is 0.318. The lowest BCUT2D eigenvalue weighted by Gasteiger charge is -2.13. The molecule has 0 aromatic heterocycles. The standard InChI is InChI=1S/C11H14FN3O2/c1-7(8-2-4-9(12)5-3-8)14-11(16)6-10(13)15-17/h2-5,7,17H,6H2,1H3,(H2,13,15)(H,14,16). The zero-order valence-corrected chi connectivity index (χ0v) is 9.35. The molecular formula is C11H14FN3O2. The number of amidine groups is 1. The van der Waals surface area contributed by atoms with Gasteiger partial charge in [-0.05, 0) is 24.6 Å². The third-order valence-corrected chi connectivity index (χ3v) is 2.22. The van der Waals surface area contributed by atoms with Crippen LogP contribution in [0.5, 0.6) is 0 Å². The van der Waals surface area contributed by atoms with Crippen molar-refractivity contribution in [2.45, 2.75) is 19.4 Å². The van der Waals surface area contributed by atoms with Crippen molar-refractivity contribution in [3.63, 3.8) is 0 Å². The number of benzene rings is 1. The second-order valence-corrected chi connectivity index (χ2v) is 3.61. The summed E-state index contributed by atoms with van der Waals surface area (Å²) in [5, 5.41) is 13.7. The Labute approximate surface area is 98.1 Å². The van der Waals surface area contributed by atoms with Gasteiger partial charge in [-0.25, -0.2) is 4.39 Å². The first-order valence-corrected chi connectivity index (χ1v) is 5.04. The van der Waals surface area contributed by atoms with Crippen molar-refractivity contribution < 1.29 is 14.4 Å². The Hall–Kier alpha value is -2.11. The van der Waals surface area contributed by atoms with E-state index < -0.39 is 0 Å². The summed E-state index contributed by atoms with van der Waals surface area (Å²) in [4.78, 5) is 11.4. The van der Waals surface area contributed by atoms with Crippen LogP contribution in [0.15, 0.2) is 29.4 Å². The van der Waals surface area contributed by atoms with E-state index in [4.69, 9.17) is 10.9 Å². The molecule has 0 heterocycles. The average molecular weight is 239 g/mol. The summed E-state index contributed by atoms with van der Waals surface area (Å²) >= 11 is 0. The van der Waals surface area contributed by atoms with Crippen LogP contribution in [0.4, 0.5) is 4.39 Å². The van der Waals surface area contributed by atoms with E-state index in [2.05, 4.69) is 10.5 Å². The van der Waals surface area contributed by atoms with Crippen LogP contribution in [0, 0.1) is 5.82 Å². The highest BCUT2D eigenvalue weighted by Crippen LogP contribution is 2.12. The van der Waals surface area contributed by atoms with Crippen molar-refractivity contribution >= 4 is 11.7 Å². The van der Waals surface area contributed by atoms with Crippen LogP contribution in [0.25, 0.3) is 0 Å². The van der Waals surface area contributed by atoms with Crippen LogP contribution in [0.3, 0.4) is 0 Å². The SMILES string of the molecule is CC(NC(=O)C/C(N)=N/O)c1ccc(F)cc1. The first-order valence-electron chi connectivity index (χ1n) is 5.04. The summed E-state index contributed by atoms with van der Waals surface area (Å²) in [5.74, 6) is -0.852. The molecule has 4 N–H and O–H groups in total. The average Bonchev–Trinajstić information content (AvgIpc) is 2.29. The number of nitrogens with two attached hydrogens (primary N) is 1. The van der Waals surface area contributed by atoms with E-state index in [-0.39, 0.29) is 30.0 Å². The van der Waals surface area contributed by atoms with Gasteiger partial charge in [-0.2, -0.15) is 0 Å². The molecular weight excluding hydrogens is 225 g/mol. The molecule has 5 nitrogen and oxygen atoms in total. The maximum atomic E-state index is 12.7. The second-order valence-electron chi connectivity index (χ2n) is 3.61. The van der Waals surface area contributed by atoms with E-state index in [0.29, 0.717) is 0 Å². The van der Waals surface area contributed by atoms with Gasteiger partial charge in [0.25, 0.3) is 0 Å². The number of rotatable bonds is 4. The molecule has 1 atom stereocenters. The molecule has 0 bridgehead atoms. The minimum Gasteiger partial charge on any atom is -0.409 e.